The Hall–Kier alpha value is -0.520. The normalized spacial score (nSPS) is 10.0. The van der Waals surface area contributed by atoms with E-state index in [0.717, 1.165) is 6.07 Å². The number of hydrogen-bond acceptors (Lipinski definition) is 2. The van der Waals surface area contributed by atoms with Crippen molar-refractivity contribution in [2.45, 2.75) is 12.7 Å². The van der Waals surface area contributed by atoms with Crippen LogP contribution in [0.1, 0.15) is 11.3 Å². The topological polar surface area (TPSA) is 38.9 Å². The van der Waals surface area contributed by atoms with Crippen molar-refractivity contribution < 1.29 is 13.2 Å². The second-order valence-electron chi connectivity index (χ2n) is 2.20. The van der Waals surface area contributed by atoms with Gasteiger partial charge < -0.3 is 5.73 Å². The van der Waals surface area contributed by atoms with Crippen LogP contribution >= 0.6 is 24.8 Å². The molecule has 0 aliphatic carbocycles. The minimum absolute atomic E-state index is 0. The predicted octanol–water partition coefficient (Wildman–Crippen LogP) is 2.40. The highest BCUT2D eigenvalue weighted by Crippen LogP contribution is 2.30. The summed E-state index contributed by atoms with van der Waals surface area (Å²) in [5, 5.41) is 0. The Balaban J connectivity index is 0. The molecule has 0 aliphatic rings. The number of alkyl halides is 3. The molecular weight excluding hydrogens is 240 g/mol. The third-order valence-corrected chi connectivity index (χ3v) is 1.39. The average Bonchev–Trinajstić information content (AvgIpc) is 2.03. The molecule has 1 aromatic rings. The molecule has 82 valence electrons. The summed E-state index contributed by atoms with van der Waals surface area (Å²) in [7, 11) is 0. The van der Waals surface area contributed by atoms with E-state index in [-0.39, 0.29) is 37.1 Å². The van der Waals surface area contributed by atoms with E-state index < -0.39 is 11.7 Å². The molecule has 0 unspecified atom stereocenters. The summed E-state index contributed by atoms with van der Waals surface area (Å²) in [6, 6.07) is 2.21. The SMILES string of the molecule is Cl.Cl.NCc1ncccc1C(F)(F)F. The maximum absolute atomic E-state index is 12.1. The Labute approximate surface area is 91.5 Å². The van der Waals surface area contributed by atoms with Gasteiger partial charge in [-0.3, -0.25) is 4.98 Å². The molecule has 0 saturated carbocycles. The molecule has 0 aromatic carbocycles. The summed E-state index contributed by atoms with van der Waals surface area (Å²) in [5.41, 5.74) is 4.21. The molecule has 0 saturated heterocycles. The van der Waals surface area contributed by atoms with Crippen LogP contribution in [0, 0.1) is 0 Å². The van der Waals surface area contributed by atoms with Crippen molar-refractivity contribution in [3.05, 3.63) is 29.6 Å². The van der Waals surface area contributed by atoms with E-state index in [4.69, 9.17) is 5.73 Å². The first-order valence-electron chi connectivity index (χ1n) is 3.27. The minimum atomic E-state index is -4.36. The molecular formula is C7H9Cl2F3N2. The lowest BCUT2D eigenvalue weighted by molar-refractivity contribution is -0.138. The van der Waals surface area contributed by atoms with E-state index >= 15 is 0 Å². The number of nitrogens with zero attached hydrogens (tertiary/aromatic N) is 1. The molecule has 1 aromatic heterocycles. The zero-order chi connectivity index (χ0) is 9.19. The third kappa shape index (κ3) is 3.69. The van der Waals surface area contributed by atoms with Gasteiger partial charge in [0.15, 0.2) is 0 Å². The Morgan fingerprint density at radius 2 is 1.86 bits per heavy atom. The molecule has 1 heterocycles. The summed E-state index contributed by atoms with van der Waals surface area (Å²) in [6.45, 7) is -0.199. The third-order valence-electron chi connectivity index (χ3n) is 1.39. The van der Waals surface area contributed by atoms with Crippen LogP contribution in [-0.4, -0.2) is 4.98 Å². The van der Waals surface area contributed by atoms with Crippen molar-refractivity contribution >= 4 is 24.8 Å². The van der Waals surface area contributed by atoms with Gasteiger partial charge in [-0.05, 0) is 12.1 Å². The Kier molecular flexibility index (Phi) is 6.89. The van der Waals surface area contributed by atoms with Gasteiger partial charge in [0.1, 0.15) is 0 Å². The zero-order valence-electron chi connectivity index (χ0n) is 6.91. The molecule has 14 heavy (non-hydrogen) atoms. The molecule has 0 radical (unpaired) electrons. The fourth-order valence-electron chi connectivity index (χ4n) is 0.859. The lowest BCUT2D eigenvalue weighted by Gasteiger charge is -2.09. The van der Waals surface area contributed by atoms with Crippen LogP contribution in [0.4, 0.5) is 13.2 Å². The summed E-state index contributed by atoms with van der Waals surface area (Å²) >= 11 is 0. The number of hydrogen-bond donors (Lipinski definition) is 1. The van der Waals surface area contributed by atoms with Gasteiger partial charge in [-0.2, -0.15) is 13.2 Å². The van der Waals surface area contributed by atoms with Crippen LogP contribution < -0.4 is 5.73 Å². The standard InChI is InChI=1S/C7H7F3N2.2ClH/c8-7(9,10)5-2-1-3-12-6(5)4-11;;/h1-3H,4,11H2;2*1H. The number of nitrogens with two attached hydrogens (primary N) is 1. The molecule has 0 fully saturated rings. The van der Waals surface area contributed by atoms with Gasteiger partial charge >= 0.3 is 6.18 Å². The molecule has 0 aliphatic heterocycles. The van der Waals surface area contributed by atoms with Crippen LogP contribution in [0.5, 0.6) is 0 Å². The van der Waals surface area contributed by atoms with Crippen LogP contribution in [0.3, 0.4) is 0 Å². The van der Waals surface area contributed by atoms with Gasteiger partial charge in [-0.1, -0.05) is 0 Å². The number of aromatic nitrogens is 1. The maximum Gasteiger partial charge on any atom is 0.418 e. The summed E-state index contributed by atoms with van der Waals surface area (Å²) < 4.78 is 36.4. The molecule has 0 spiro atoms. The Morgan fingerprint density at radius 3 is 2.21 bits per heavy atom. The van der Waals surface area contributed by atoms with E-state index in [2.05, 4.69) is 4.98 Å². The van der Waals surface area contributed by atoms with Gasteiger partial charge in [0.05, 0.1) is 11.3 Å². The van der Waals surface area contributed by atoms with Crippen molar-refractivity contribution in [1.29, 1.82) is 0 Å². The molecule has 0 bridgehead atoms. The van der Waals surface area contributed by atoms with Crippen molar-refractivity contribution in [1.82, 2.24) is 4.98 Å². The van der Waals surface area contributed by atoms with Crippen molar-refractivity contribution in [2.24, 2.45) is 5.73 Å². The quantitative estimate of drug-likeness (QED) is 0.829. The molecule has 1 rings (SSSR count). The summed E-state index contributed by atoms with van der Waals surface area (Å²) in [6.07, 6.45) is -3.07. The zero-order valence-corrected chi connectivity index (χ0v) is 8.55. The number of halogens is 5. The molecule has 0 amide bonds. The van der Waals surface area contributed by atoms with E-state index in [0.29, 0.717) is 0 Å². The largest absolute Gasteiger partial charge is 0.418 e. The first-order chi connectivity index (χ1) is 5.55. The predicted molar refractivity (Wildman–Crippen MR) is 51.6 cm³/mol. The lowest BCUT2D eigenvalue weighted by atomic mass is 10.2. The molecule has 0 atom stereocenters. The fraction of sp³-hybridized carbons (Fsp3) is 0.286. The van der Waals surface area contributed by atoms with Crippen LogP contribution in [0.2, 0.25) is 0 Å². The molecule has 2 N–H and O–H groups in total. The van der Waals surface area contributed by atoms with Gasteiger partial charge in [0, 0.05) is 12.7 Å². The highest BCUT2D eigenvalue weighted by molar-refractivity contribution is 5.85. The lowest BCUT2D eigenvalue weighted by Crippen LogP contribution is -2.13. The minimum Gasteiger partial charge on any atom is -0.325 e. The first-order valence-corrected chi connectivity index (χ1v) is 3.27. The van der Waals surface area contributed by atoms with E-state index in [1.807, 2.05) is 0 Å². The van der Waals surface area contributed by atoms with E-state index in [1.54, 1.807) is 0 Å². The van der Waals surface area contributed by atoms with Crippen molar-refractivity contribution in [3.8, 4) is 0 Å². The fourth-order valence-corrected chi connectivity index (χ4v) is 0.859. The molecule has 7 heteroatoms. The van der Waals surface area contributed by atoms with Crippen LogP contribution in [-0.2, 0) is 12.7 Å². The summed E-state index contributed by atoms with van der Waals surface area (Å²) in [4.78, 5) is 3.52. The van der Waals surface area contributed by atoms with Crippen molar-refractivity contribution in [3.63, 3.8) is 0 Å². The Bertz CT molecular complexity index is 278. The number of rotatable bonds is 1. The Morgan fingerprint density at radius 1 is 1.29 bits per heavy atom. The van der Waals surface area contributed by atoms with Crippen LogP contribution in [0.15, 0.2) is 18.3 Å². The summed E-state index contributed by atoms with van der Waals surface area (Å²) in [5.74, 6) is 0. The van der Waals surface area contributed by atoms with E-state index in [9.17, 15) is 13.2 Å². The maximum atomic E-state index is 12.1. The van der Waals surface area contributed by atoms with Crippen molar-refractivity contribution in [2.75, 3.05) is 0 Å². The molecule has 2 nitrogen and oxygen atoms in total. The number of pyridine rings is 1. The second-order valence-corrected chi connectivity index (χ2v) is 2.20. The first kappa shape index (κ1) is 15.9. The highest BCUT2D eigenvalue weighted by atomic mass is 35.5. The van der Waals surface area contributed by atoms with E-state index in [1.165, 1.54) is 12.3 Å². The second kappa shape index (κ2) is 6.06. The smallest absolute Gasteiger partial charge is 0.325 e. The monoisotopic (exact) mass is 248 g/mol. The van der Waals surface area contributed by atoms with Gasteiger partial charge in [-0.15, -0.1) is 24.8 Å². The average molecular weight is 249 g/mol. The highest BCUT2D eigenvalue weighted by Gasteiger charge is 2.33. The van der Waals surface area contributed by atoms with Crippen LogP contribution in [0.25, 0.3) is 0 Å². The van der Waals surface area contributed by atoms with Gasteiger partial charge in [-0.25, -0.2) is 0 Å². The van der Waals surface area contributed by atoms with Gasteiger partial charge in [0.25, 0.3) is 0 Å². The van der Waals surface area contributed by atoms with Gasteiger partial charge in [0.2, 0.25) is 0 Å².